The molecule has 0 saturated carbocycles. The molecule has 9 heteroatoms. The van der Waals surface area contributed by atoms with E-state index in [0.717, 1.165) is 51.4 Å². The molecule has 0 unspecified atom stereocenters. The van der Waals surface area contributed by atoms with Crippen LogP contribution < -0.4 is 15.4 Å². The molecular weight excluding hydrogens is 550 g/mol. The number of amides is 1. The summed E-state index contributed by atoms with van der Waals surface area (Å²) in [7, 11) is 1.67. The van der Waals surface area contributed by atoms with Crippen LogP contribution in [-0.2, 0) is 30.6 Å². The van der Waals surface area contributed by atoms with E-state index in [1.807, 2.05) is 48.7 Å². The highest BCUT2D eigenvalue weighted by Gasteiger charge is 2.28. The fourth-order valence-corrected chi connectivity index (χ4v) is 6.10. The zero-order valence-electron chi connectivity index (χ0n) is 24.6. The minimum absolute atomic E-state index is 0.0806. The van der Waals surface area contributed by atoms with E-state index in [2.05, 4.69) is 73.8 Å². The number of carbonyl (C=O) groups excluding carboxylic acids is 1. The molecule has 1 aliphatic heterocycles. The maximum atomic E-state index is 13.5. The van der Waals surface area contributed by atoms with Gasteiger partial charge in [0.25, 0.3) is 0 Å². The quantitative estimate of drug-likeness (QED) is 0.160. The van der Waals surface area contributed by atoms with Crippen LogP contribution in [0.1, 0.15) is 34.4 Å². The molecule has 1 amide bonds. The number of rotatable bonds is 11. The van der Waals surface area contributed by atoms with Crippen molar-refractivity contribution in [2.45, 2.75) is 37.9 Å². The van der Waals surface area contributed by atoms with E-state index in [4.69, 9.17) is 14.9 Å². The number of ether oxygens (including phenoxy) is 1. The van der Waals surface area contributed by atoms with Crippen molar-refractivity contribution in [3.8, 4) is 5.75 Å². The third-order valence-electron chi connectivity index (χ3n) is 8.44. The van der Waals surface area contributed by atoms with E-state index in [-0.39, 0.29) is 11.9 Å². The van der Waals surface area contributed by atoms with Gasteiger partial charge in [-0.2, -0.15) is 0 Å². The zero-order valence-corrected chi connectivity index (χ0v) is 24.6. The summed E-state index contributed by atoms with van der Waals surface area (Å²) in [6.07, 6.45) is 10.1. The first-order chi connectivity index (χ1) is 21.7. The predicted octanol–water partition coefficient (Wildman–Crippen LogP) is 5.01. The Labute approximate surface area is 255 Å². The molecule has 0 saturated heterocycles. The van der Waals surface area contributed by atoms with Gasteiger partial charge in [0.1, 0.15) is 17.6 Å². The van der Waals surface area contributed by atoms with Crippen LogP contribution in [0.2, 0.25) is 0 Å². The maximum absolute atomic E-state index is 13.5. The molecule has 0 bridgehead atoms. The highest BCUT2D eigenvalue weighted by atomic mass is 16.5. The largest absolute Gasteiger partial charge is 0.497 e. The summed E-state index contributed by atoms with van der Waals surface area (Å²) in [4.78, 5) is 20.2. The molecule has 1 aliphatic rings. The standard InChI is InChI=1S/C35H35N7O2/c1-44-26-15-12-23(13-16-26)22-42-33(17-14-24-20-37-29-9-4-2-7-27(24)29)40-41-34(42)32(39-35(43)31-11-6-18-36-31)19-25-21-38-30-10-5-3-8-28(25)30/h2-13,15-16,20-21,31-32,36-38H,14,17-19,22H2,1H3,(H,39,43)/t31-,32+/m0/s1. The van der Waals surface area contributed by atoms with Gasteiger partial charge >= 0.3 is 0 Å². The van der Waals surface area contributed by atoms with Crippen LogP contribution in [0.3, 0.4) is 0 Å². The van der Waals surface area contributed by atoms with Crippen LogP contribution in [-0.4, -0.2) is 50.3 Å². The minimum atomic E-state index is -0.398. The fourth-order valence-electron chi connectivity index (χ4n) is 6.10. The second-order valence-corrected chi connectivity index (χ2v) is 11.2. The Morgan fingerprint density at radius 2 is 1.64 bits per heavy atom. The van der Waals surface area contributed by atoms with Gasteiger partial charge in [-0.3, -0.25) is 10.1 Å². The van der Waals surface area contributed by atoms with Gasteiger partial charge < -0.3 is 24.6 Å². The van der Waals surface area contributed by atoms with Crippen molar-refractivity contribution >= 4 is 27.7 Å². The van der Waals surface area contributed by atoms with Gasteiger partial charge in [-0.1, -0.05) is 60.7 Å². The SMILES string of the molecule is COc1ccc(Cn2c(CCc3c[nH]c4ccccc34)nnc2[C@@H](Cc2c[nH]c3ccccc23)NC(=O)[C@@H]2C=CCN2)cc1. The monoisotopic (exact) mass is 585 g/mol. The first kappa shape index (κ1) is 27.7. The summed E-state index contributed by atoms with van der Waals surface area (Å²) >= 11 is 0. The predicted molar refractivity (Wildman–Crippen MR) is 172 cm³/mol. The van der Waals surface area contributed by atoms with Crippen LogP contribution in [0.5, 0.6) is 5.75 Å². The molecule has 7 rings (SSSR count). The van der Waals surface area contributed by atoms with Crippen molar-refractivity contribution in [3.63, 3.8) is 0 Å². The number of hydrogen-bond acceptors (Lipinski definition) is 5. The number of methoxy groups -OCH3 is 1. The molecule has 2 atom stereocenters. The fraction of sp³-hybridized carbons (Fsp3) is 0.229. The summed E-state index contributed by atoms with van der Waals surface area (Å²) in [5.41, 5.74) is 5.63. The van der Waals surface area contributed by atoms with E-state index in [1.165, 1.54) is 10.9 Å². The topological polar surface area (TPSA) is 113 Å². The number of aromatic nitrogens is 5. The van der Waals surface area contributed by atoms with Gasteiger partial charge in [-0.25, -0.2) is 0 Å². The molecule has 44 heavy (non-hydrogen) atoms. The Kier molecular flexibility index (Phi) is 7.69. The van der Waals surface area contributed by atoms with Crippen LogP contribution >= 0.6 is 0 Å². The van der Waals surface area contributed by atoms with Crippen LogP contribution in [0, 0.1) is 0 Å². The number of H-pyrrole nitrogens is 2. The summed E-state index contributed by atoms with van der Waals surface area (Å²) < 4.78 is 7.57. The summed E-state index contributed by atoms with van der Waals surface area (Å²) in [6.45, 7) is 1.24. The Hall–Kier alpha value is -5.15. The number of fused-ring (bicyclic) bond motifs is 2. The molecular formula is C35H35N7O2. The number of aromatic amines is 2. The lowest BCUT2D eigenvalue weighted by Crippen LogP contribution is -2.43. The lowest BCUT2D eigenvalue weighted by Gasteiger charge is -2.22. The molecule has 0 fully saturated rings. The molecule has 0 aliphatic carbocycles. The van der Waals surface area contributed by atoms with E-state index in [0.29, 0.717) is 25.9 Å². The number of carbonyl (C=O) groups is 1. The highest BCUT2D eigenvalue weighted by Crippen LogP contribution is 2.27. The third kappa shape index (κ3) is 5.61. The summed E-state index contributed by atoms with van der Waals surface area (Å²) in [5.74, 6) is 2.33. The average molecular weight is 586 g/mol. The molecule has 4 N–H and O–H groups in total. The van der Waals surface area contributed by atoms with Gasteiger partial charge in [-0.05, 0) is 47.4 Å². The normalized spacial score (nSPS) is 15.2. The lowest BCUT2D eigenvalue weighted by molar-refractivity contribution is -0.122. The molecule has 9 nitrogen and oxygen atoms in total. The summed E-state index contributed by atoms with van der Waals surface area (Å²) in [6, 6.07) is 23.9. The van der Waals surface area contributed by atoms with Gasteiger partial charge in [0.15, 0.2) is 5.82 Å². The minimum Gasteiger partial charge on any atom is -0.497 e. The Balaban J connectivity index is 1.25. The molecule has 0 spiro atoms. The average Bonchev–Trinajstić information content (AvgIpc) is 3.88. The Morgan fingerprint density at radius 1 is 0.932 bits per heavy atom. The lowest BCUT2D eigenvalue weighted by atomic mass is 10.0. The highest BCUT2D eigenvalue weighted by molar-refractivity contribution is 5.85. The number of hydrogen-bond donors (Lipinski definition) is 4. The molecule has 0 radical (unpaired) electrons. The van der Waals surface area contributed by atoms with Crippen molar-refractivity contribution in [2.75, 3.05) is 13.7 Å². The number of nitrogens with one attached hydrogen (secondary N) is 4. The number of benzene rings is 3. The van der Waals surface area contributed by atoms with Crippen molar-refractivity contribution in [1.82, 2.24) is 35.4 Å². The first-order valence-corrected chi connectivity index (χ1v) is 15.0. The second kappa shape index (κ2) is 12.2. The van der Waals surface area contributed by atoms with Gasteiger partial charge in [0.2, 0.25) is 5.91 Å². The van der Waals surface area contributed by atoms with Gasteiger partial charge in [-0.15, -0.1) is 10.2 Å². The Morgan fingerprint density at radius 3 is 2.34 bits per heavy atom. The Bertz CT molecular complexity index is 1930. The maximum Gasteiger partial charge on any atom is 0.241 e. The van der Waals surface area contributed by atoms with Crippen molar-refractivity contribution < 1.29 is 9.53 Å². The molecule has 4 heterocycles. The van der Waals surface area contributed by atoms with Crippen LogP contribution in [0.25, 0.3) is 21.8 Å². The molecule has 6 aromatic rings. The van der Waals surface area contributed by atoms with E-state index < -0.39 is 6.04 Å². The third-order valence-corrected chi connectivity index (χ3v) is 8.44. The molecule has 3 aromatic carbocycles. The zero-order chi connectivity index (χ0) is 29.9. The summed E-state index contributed by atoms with van der Waals surface area (Å²) in [5, 5.41) is 18.4. The van der Waals surface area contributed by atoms with E-state index in [9.17, 15) is 4.79 Å². The van der Waals surface area contributed by atoms with Gasteiger partial charge in [0.05, 0.1) is 19.7 Å². The number of para-hydroxylation sites is 2. The second-order valence-electron chi connectivity index (χ2n) is 11.2. The van der Waals surface area contributed by atoms with Crippen molar-refractivity contribution in [1.29, 1.82) is 0 Å². The number of nitrogens with zero attached hydrogens (tertiary/aromatic N) is 3. The number of aryl methyl sites for hydroxylation is 2. The van der Waals surface area contributed by atoms with E-state index >= 15 is 0 Å². The van der Waals surface area contributed by atoms with Crippen molar-refractivity contribution in [2.24, 2.45) is 0 Å². The molecule has 3 aromatic heterocycles. The molecule has 222 valence electrons. The smallest absolute Gasteiger partial charge is 0.241 e. The van der Waals surface area contributed by atoms with Crippen LogP contribution in [0.4, 0.5) is 0 Å². The van der Waals surface area contributed by atoms with Gasteiger partial charge in [0, 0.05) is 53.6 Å². The van der Waals surface area contributed by atoms with E-state index in [1.54, 1.807) is 7.11 Å². The van der Waals surface area contributed by atoms with Crippen LogP contribution in [0.15, 0.2) is 97.3 Å². The first-order valence-electron chi connectivity index (χ1n) is 15.0. The van der Waals surface area contributed by atoms with Crippen molar-refractivity contribution in [3.05, 3.63) is 126 Å².